The highest BCUT2D eigenvalue weighted by atomic mass is 35.5. The van der Waals surface area contributed by atoms with E-state index in [1.807, 2.05) is 6.92 Å². The molecule has 0 saturated carbocycles. The lowest BCUT2D eigenvalue weighted by atomic mass is 9.89. The number of hydrogen-bond donors (Lipinski definition) is 0. The molecule has 0 aliphatic heterocycles. The third-order valence-electron chi connectivity index (χ3n) is 2.38. The first kappa shape index (κ1) is 10.7. The van der Waals surface area contributed by atoms with E-state index in [2.05, 4.69) is 0 Å². The normalized spacial score (nSPS) is 27.2. The van der Waals surface area contributed by atoms with Gasteiger partial charge in [-0.1, -0.05) is 18.5 Å². The van der Waals surface area contributed by atoms with Crippen molar-refractivity contribution < 1.29 is 14.3 Å². The van der Waals surface area contributed by atoms with Crippen LogP contribution in [0.4, 0.5) is 0 Å². The first-order valence-electron chi connectivity index (χ1n) is 4.07. The molecule has 0 saturated heterocycles. The molecule has 1 aliphatic rings. The maximum absolute atomic E-state index is 11.1. The Balaban J connectivity index is 3.06. The van der Waals surface area contributed by atoms with Gasteiger partial charge in [0.25, 0.3) is 0 Å². The smallest absolute Gasteiger partial charge is 0.208 e. The van der Waals surface area contributed by atoms with E-state index in [9.17, 15) is 4.79 Å². The Hall–Kier alpha value is -0.380. The highest BCUT2D eigenvalue weighted by Crippen LogP contribution is 2.38. The zero-order chi connectivity index (χ0) is 10.1. The molecule has 0 aromatic rings. The van der Waals surface area contributed by atoms with Gasteiger partial charge in [-0.15, -0.1) is 0 Å². The van der Waals surface area contributed by atoms with Gasteiger partial charge in [-0.25, -0.2) is 0 Å². The van der Waals surface area contributed by atoms with Gasteiger partial charge in [-0.3, -0.25) is 4.79 Å². The fourth-order valence-electron chi connectivity index (χ4n) is 1.65. The number of carbonyl (C=O) groups is 1. The molecule has 0 N–H and O–H groups in total. The van der Waals surface area contributed by atoms with Crippen LogP contribution in [-0.4, -0.2) is 25.8 Å². The van der Waals surface area contributed by atoms with Crippen LogP contribution in [0.5, 0.6) is 0 Å². The molecular weight excluding hydrogens is 192 g/mol. The Kier molecular flexibility index (Phi) is 3.11. The minimum absolute atomic E-state index is 0.0159. The summed E-state index contributed by atoms with van der Waals surface area (Å²) in [4.78, 5) is 11.1. The van der Waals surface area contributed by atoms with Crippen molar-refractivity contribution in [2.75, 3.05) is 14.2 Å². The molecule has 0 heterocycles. The molecule has 0 amide bonds. The Labute approximate surface area is 82.7 Å². The lowest BCUT2D eigenvalue weighted by Gasteiger charge is -2.37. The van der Waals surface area contributed by atoms with Crippen molar-refractivity contribution in [3.05, 3.63) is 11.1 Å². The molecule has 1 unspecified atom stereocenters. The molecule has 4 heteroatoms. The average Bonchev–Trinajstić information content (AvgIpc) is 2.05. The van der Waals surface area contributed by atoms with Gasteiger partial charge in [-0.2, -0.15) is 0 Å². The van der Waals surface area contributed by atoms with E-state index in [1.54, 1.807) is 0 Å². The molecule has 1 aliphatic carbocycles. The van der Waals surface area contributed by atoms with E-state index in [0.29, 0.717) is 11.5 Å². The van der Waals surface area contributed by atoms with E-state index in [-0.39, 0.29) is 11.7 Å². The van der Waals surface area contributed by atoms with Crippen LogP contribution in [0, 0.1) is 5.92 Å². The number of hydrogen-bond acceptors (Lipinski definition) is 3. The third kappa shape index (κ3) is 1.64. The standard InChI is InChI=1S/C9H13ClO3/c1-6-4-7(11)5-8(10)9(6,12-2)13-3/h5-6H,4H2,1-3H3. The van der Waals surface area contributed by atoms with Crippen molar-refractivity contribution in [1.29, 1.82) is 0 Å². The zero-order valence-electron chi connectivity index (χ0n) is 7.96. The minimum Gasteiger partial charge on any atom is -0.348 e. The Morgan fingerprint density at radius 1 is 1.54 bits per heavy atom. The van der Waals surface area contributed by atoms with Crippen LogP contribution in [-0.2, 0) is 14.3 Å². The van der Waals surface area contributed by atoms with Crippen LogP contribution in [0.25, 0.3) is 0 Å². The van der Waals surface area contributed by atoms with Crippen LogP contribution < -0.4 is 0 Å². The molecule has 74 valence electrons. The van der Waals surface area contributed by atoms with Gasteiger partial charge in [-0.05, 0) is 0 Å². The fourth-order valence-corrected chi connectivity index (χ4v) is 2.12. The van der Waals surface area contributed by atoms with Crippen LogP contribution in [0.2, 0.25) is 0 Å². The molecule has 0 radical (unpaired) electrons. The summed E-state index contributed by atoms with van der Waals surface area (Å²) in [5.41, 5.74) is 0. The summed E-state index contributed by atoms with van der Waals surface area (Å²) in [6.07, 6.45) is 1.77. The molecule has 0 fully saturated rings. The van der Waals surface area contributed by atoms with Gasteiger partial charge in [0.15, 0.2) is 5.78 Å². The van der Waals surface area contributed by atoms with Gasteiger partial charge in [0.2, 0.25) is 5.79 Å². The first-order chi connectivity index (χ1) is 6.06. The van der Waals surface area contributed by atoms with Gasteiger partial charge >= 0.3 is 0 Å². The third-order valence-corrected chi connectivity index (χ3v) is 2.76. The van der Waals surface area contributed by atoms with Gasteiger partial charge in [0.1, 0.15) is 0 Å². The van der Waals surface area contributed by atoms with Crippen molar-refractivity contribution in [3.63, 3.8) is 0 Å². The van der Waals surface area contributed by atoms with Crippen LogP contribution in [0.15, 0.2) is 11.1 Å². The molecule has 0 aromatic heterocycles. The summed E-state index contributed by atoms with van der Waals surface area (Å²) in [7, 11) is 3.04. The summed E-state index contributed by atoms with van der Waals surface area (Å²) in [5.74, 6) is -0.982. The highest BCUT2D eigenvalue weighted by Gasteiger charge is 2.43. The SMILES string of the molecule is COC1(OC)C(Cl)=CC(=O)CC1C. The quantitative estimate of drug-likeness (QED) is 0.643. The second-order valence-corrected chi connectivity index (χ2v) is 3.55. The van der Waals surface area contributed by atoms with Crippen LogP contribution in [0.3, 0.4) is 0 Å². The van der Waals surface area contributed by atoms with Gasteiger partial charge in [0, 0.05) is 32.6 Å². The summed E-state index contributed by atoms with van der Waals surface area (Å²) in [5, 5.41) is 0.321. The maximum atomic E-state index is 11.1. The highest BCUT2D eigenvalue weighted by molar-refractivity contribution is 6.32. The molecule has 1 rings (SSSR count). The van der Waals surface area contributed by atoms with E-state index in [1.165, 1.54) is 20.3 Å². The molecule has 13 heavy (non-hydrogen) atoms. The van der Waals surface area contributed by atoms with Crippen LogP contribution >= 0.6 is 11.6 Å². The number of ether oxygens (including phenoxy) is 2. The average molecular weight is 205 g/mol. The molecule has 3 nitrogen and oxygen atoms in total. The van der Waals surface area contributed by atoms with E-state index < -0.39 is 5.79 Å². The lowest BCUT2D eigenvalue weighted by Crippen LogP contribution is -2.44. The topological polar surface area (TPSA) is 35.5 Å². The minimum atomic E-state index is -0.935. The predicted molar refractivity (Wildman–Crippen MR) is 49.5 cm³/mol. The Bertz CT molecular complexity index is 243. The van der Waals surface area contributed by atoms with Gasteiger partial charge in [0.05, 0.1) is 5.03 Å². The molecule has 0 aromatic carbocycles. The molecule has 0 bridgehead atoms. The first-order valence-corrected chi connectivity index (χ1v) is 4.45. The molecule has 1 atom stereocenters. The summed E-state index contributed by atoms with van der Waals surface area (Å²) in [6, 6.07) is 0. The predicted octanol–water partition coefficient (Wildman–Crippen LogP) is 1.71. The van der Waals surface area contributed by atoms with Crippen LogP contribution in [0.1, 0.15) is 13.3 Å². The fraction of sp³-hybridized carbons (Fsp3) is 0.667. The summed E-state index contributed by atoms with van der Waals surface area (Å²) < 4.78 is 10.5. The number of halogens is 1. The molecular formula is C9H13ClO3. The zero-order valence-corrected chi connectivity index (χ0v) is 8.72. The number of methoxy groups -OCH3 is 2. The number of ketones is 1. The Morgan fingerprint density at radius 3 is 2.46 bits per heavy atom. The van der Waals surface area contributed by atoms with Crippen molar-refractivity contribution in [1.82, 2.24) is 0 Å². The molecule has 0 spiro atoms. The van der Waals surface area contributed by atoms with Crippen molar-refractivity contribution >= 4 is 17.4 Å². The summed E-state index contributed by atoms with van der Waals surface area (Å²) >= 11 is 5.92. The van der Waals surface area contributed by atoms with Crippen molar-refractivity contribution in [2.45, 2.75) is 19.1 Å². The lowest BCUT2D eigenvalue weighted by molar-refractivity contribution is -0.207. The monoisotopic (exact) mass is 204 g/mol. The van der Waals surface area contributed by atoms with E-state index in [4.69, 9.17) is 21.1 Å². The number of rotatable bonds is 2. The second-order valence-electron chi connectivity index (χ2n) is 3.14. The van der Waals surface area contributed by atoms with Crippen molar-refractivity contribution in [2.24, 2.45) is 5.92 Å². The summed E-state index contributed by atoms with van der Waals surface area (Å²) in [6.45, 7) is 1.88. The van der Waals surface area contributed by atoms with Crippen molar-refractivity contribution in [3.8, 4) is 0 Å². The number of carbonyl (C=O) groups excluding carboxylic acids is 1. The number of allylic oxidation sites excluding steroid dienone is 1. The van der Waals surface area contributed by atoms with E-state index >= 15 is 0 Å². The largest absolute Gasteiger partial charge is 0.348 e. The maximum Gasteiger partial charge on any atom is 0.208 e. The van der Waals surface area contributed by atoms with E-state index in [0.717, 1.165) is 0 Å². The second kappa shape index (κ2) is 3.78. The Morgan fingerprint density at radius 2 is 2.08 bits per heavy atom. The van der Waals surface area contributed by atoms with Gasteiger partial charge < -0.3 is 9.47 Å².